The van der Waals surface area contributed by atoms with Crippen molar-refractivity contribution in [2.75, 3.05) is 31.1 Å². The van der Waals surface area contributed by atoms with E-state index in [2.05, 4.69) is 9.80 Å². The van der Waals surface area contributed by atoms with Gasteiger partial charge in [0.25, 0.3) is 10.0 Å². The van der Waals surface area contributed by atoms with Crippen molar-refractivity contribution in [3.05, 3.63) is 72.9 Å². The molecular weight excluding hydrogens is 406 g/mol. The standard InChI is InChI=1S/C25H25N3O2S/c29-31(30,22-12-11-19-6-1-2-7-20(19)16-22)28-18-25(23-9-3-4-10-24(23)28)27-15-14-26-13-5-8-21(26)17-27/h1-4,6-7,9-12,16,18,21H,5,8,13-15,17H2. The third-order valence-corrected chi connectivity index (χ3v) is 8.53. The maximum absolute atomic E-state index is 13.7. The van der Waals surface area contributed by atoms with Gasteiger partial charge in [-0.05, 0) is 48.4 Å². The van der Waals surface area contributed by atoms with E-state index in [1.165, 1.54) is 23.4 Å². The molecule has 0 radical (unpaired) electrons. The average molecular weight is 432 g/mol. The molecule has 3 aromatic carbocycles. The number of fused-ring (bicyclic) bond motifs is 3. The first-order chi connectivity index (χ1) is 15.1. The van der Waals surface area contributed by atoms with Gasteiger partial charge in [0, 0.05) is 37.3 Å². The normalized spacial score (nSPS) is 19.9. The lowest BCUT2D eigenvalue weighted by Gasteiger charge is -2.38. The van der Waals surface area contributed by atoms with Crippen LogP contribution in [0.5, 0.6) is 0 Å². The first kappa shape index (κ1) is 18.9. The molecule has 2 saturated heterocycles. The van der Waals surface area contributed by atoms with E-state index in [0.717, 1.165) is 47.0 Å². The van der Waals surface area contributed by atoms with Gasteiger partial charge in [0.15, 0.2) is 0 Å². The number of aromatic nitrogens is 1. The zero-order valence-electron chi connectivity index (χ0n) is 17.3. The van der Waals surface area contributed by atoms with Crippen molar-refractivity contribution < 1.29 is 8.42 Å². The highest BCUT2D eigenvalue weighted by molar-refractivity contribution is 7.90. The minimum Gasteiger partial charge on any atom is -0.367 e. The summed E-state index contributed by atoms with van der Waals surface area (Å²) < 4.78 is 28.9. The summed E-state index contributed by atoms with van der Waals surface area (Å²) in [6.45, 7) is 4.13. The fraction of sp³-hybridized carbons (Fsp3) is 0.280. The van der Waals surface area contributed by atoms with Crippen LogP contribution in [-0.2, 0) is 10.0 Å². The second kappa shape index (κ2) is 7.11. The second-order valence-electron chi connectivity index (χ2n) is 8.62. The molecular formula is C25H25N3O2S. The minimum absolute atomic E-state index is 0.319. The fourth-order valence-electron chi connectivity index (χ4n) is 5.23. The Morgan fingerprint density at radius 3 is 2.55 bits per heavy atom. The lowest BCUT2D eigenvalue weighted by molar-refractivity contribution is 0.231. The van der Waals surface area contributed by atoms with Gasteiger partial charge in [-0.3, -0.25) is 4.90 Å². The summed E-state index contributed by atoms with van der Waals surface area (Å²) in [5.74, 6) is 0. The van der Waals surface area contributed by atoms with E-state index in [1.807, 2.05) is 60.8 Å². The Hall–Kier alpha value is -2.83. The molecule has 0 amide bonds. The van der Waals surface area contributed by atoms with E-state index in [4.69, 9.17) is 0 Å². The number of para-hydroxylation sites is 1. The second-order valence-corrected chi connectivity index (χ2v) is 10.4. The predicted octanol–water partition coefficient (Wildman–Crippen LogP) is 4.32. The summed E-state index contributed by atoms with van der Waals surface area (Å²) in [6, 6.07) is 21.6. The number of piperazine rings is 1. The SMILES string of the molecule is O=S(=O)(c1ccc2ccccc2c1)n1cc(N2CCN3CCCC3C2)c2ccccc21. The lowest BCUT2D eigenvalue weighted by Crippen LogP contribution is -2.50. The largest absolute Gasteiger partial charge is 0.367 e. The number of hydrogen-bond donors (Lipinski definition) is 0. The zero-order chi connectivity index (χ0) is 21.0. The molecule has 158 valence electrons. The van der Waals surface area contributed by atoms with Crippen LogP contribution in [0.25, 0.3) is 21.7 Å². The highest BCUT2D eigenvalue weighted by Crippen LogP contribution is 2.35. The Morgan fingerprint density at radius 2 is 1.65 bits per heavy atom. The van der Waals surface area contributed by atoms with Gasteiger partial charge in [0.2, 0.25) is 0 Å². The molecule has 4 aromatic rings. The molecule has 6 heteroatoms. The van der Waals surface area contributed by atoms with Crippen LogP contribution in [0.2, 0.25) is 0 Å². The molecule has 0 bridgehead atoms. The first-order valence-electron chi connectivity index (χ1n) is 10.9. The molecule has 1 atom stereocenters. The summed E-state index contributed by atoms with van der Waals surface area (Å²) in [6.07, 6.45) is 4.32. The van der Waals surface area contributed by atoms with Crippen LogP contribution in [0.4, 0.5) is 5.69 Å². The van der Waals surface area contributed by atoms with E-state index >= 15 is 0 Å². The molecule has 2 aliphatic heterocycles. The predicted molar refractivity (Wildman–Crippen MR) is 125 cm³/mol. The van der Waals surface area contributed by atoms with Crippen LogP contribution >= 0.6 is 0 Å². The highest BCUT2D eigenvalue weighted by atomic mass is 32.2. The van der Waals surface area contributed by atoms with Gasteiger partial charge in [-0.1, -0.05) is 48.5 Å². The van der Waals surface area contributed by atoms with Crippen molar-refractivity contribution >= 4 is 37.4 Å². The summed E-state index contributed by atoms with van der Waals surface area (Å²) >= 11 is 0. The van der Waals surface area contributed by atoms with Gasteiger partial charge >= 0.3 is 0 Å². The van der Waals surface area contributed by atoms with Crippen LogP contribution in [0.1, 0.15) is 12.8 Å². The number of rotatable bonds is 3. The number of nitrogens with zero attached hydrogens (tertiary/aromatic N) is 3. The molecule has 0 N–H and O–H groups in total. The number of hydrogen-bond acceptors (Lipinski definition) is 4. The van der Waals surface area contributed by atoms with E-state index in [9.17, 15) is 8.42 Å². The Balaban J connectivity index is 1.46. The summed E-state index contributed by atoms with van der Waals surface area (Å²) in [4.78, 5) is 5.27. The molecule has 3 heterocycles. The molecule has 5 nitrogen and oxygen atoms in total. The number of anilines is 1. The molecule has 0 saturated carbocycles. The number of benzene rings is 3. The Bertz CT molecular complexity index is 1390. The van der Waals surface area contributed by atoms with Crippen molar-refractivity contribution in [1.29, 1.82) is 0 Å². The van der Waals surface area contributed by atoms with Crippen LogP contribution in [0, 0.1) is 0 Å². The highest BCUT2D eigenvalue weighted by Gasteiger charge is 2.32. The molecule has 6 rings (SSSR count). The van der Waals surface area contributed by atoms with Crippen molar-refractivity contribution in [3.63, 3.8) is 0 Å². The maximum Gasteiger partial charge on any atom is 0.268 e. The van der Waals surface area contributed by atoms with E-state index < -0.39 is 10.0 Å². The van der Waals surface area contributed by atoms with Crippen molar-refractivity contribution in [2.45, 2.75) is 23.8 Å². The smallest absolute Gasteiger partial charge is 0.268 e. The van der Waals surface area contributed by atoms with Gasteiger partial charge in [0.05, 0.1) is 16.1 Å². The molecule has 1 aromatic heterocycles. The average Bonchev–Trinajstić information content (AvgIpc) is 3.43. The third-order valence-electron chi connectivity index (χ3n) is 6.86. The monoisotopic (exact) mass is 431 g/mol. The van der Waals surface area contributed by atoms with Crippen LogP contribution in [-0.4, -0.2) is 49.5 Å². The Morgan fingerprint density at radius 1 is 0.839 bits per heavy atom. The van der Waals surface area contributed by atoms with Gasteiger partial charge in [0.1, 0.15) is 0 Å². The van der Waals surface area contributed by atoms with Gasteiger partial charge in [-0.2, -0.15) is 0 Å². The zero-order valence-corrected chi connectivity index (χ0v) is 18.1. The van der Waals surface area contributed by atoms with Gasteiger partial charge < -0.3 is 4.90 Å². The summed E-state index contributed by atoms with van der Waals surface area (Å²) in [5.41, 5.74) is 1.76. The molecule has 2 aliphatic rings. The van der Waals surface area contributed by atoms with Crippen molar-refractivity contribution in [1.82, 2.24) is 8.87 Å². The molecule has 2 fully saturated rings. The molecule has 31 heavy (non-hydrogen) atoms. The van der Waals surface area contributed by atoms with Crippen molar-refractivity contribution in [3.8, 4) is 0 Å². The third kappa shape index (κ3) is 3.05. The molecule has 1 unspecified atom stereocenters. The Kier molecular flexibility index (Phi) is 4.33. The van der Waals surface area contributed by atoms with Gasteiger partial charge in [-0.25, -0.2) is 12.4 Å². The van der Waals surface area contributed by atoms with Crippen LogP contribution in [0.15, 0.2) is 77.8 Å². The topological polar surface area (TPSA) is 45.6 Å². The van der Waals surface area contributed by atoms with Crippen LogP contribution in [0.3, 0.4) is 0 Å². The fourth-order valence-corrected chi connectivity index (χ4v) is 6.63. The van der Waals surface area contributed by atoms with E-state index in [0.29, 0.717) is 10.9 Å². The maximum atomic E-state index is 13.7. The van der Waals surface area contributed by atoms with Gasteiger partial charge in [-0.15, -0.1) is 0 Å². The summed E-state index contributed by atoms with van der Waals surface area (Å²) in [7, 11) is -3.71. The lowest BCUT2D eigenvalue weighted by atomic mass is 10.1. The minimum atomic E-state index is -3.71. The Labute approximate surface area is 182 Å². The summed E-state index contributed by atoms with van der Waals surface area (Å²) in [5, 5.41) is 2.96. The molecule has 0 aliphatic carbocycles. The van der Waals surface area contributed by atoms with Crippen molar-refractivity contribution in [2.24, 2.45) is 0 Å². The van der Waals surface area contributed by atoms with Crippen LogP contribution < -0.4 is 4.90 Å². The first-order valence-corrected chi connectivity index (χ1v) is 12.4. The van der Waals surface area contributed by atoms with E-state index in [-0.39, 0.29) is 0 Å². The van der Waals surface area contributed by atoms with E-state index in [1.54, 1.807) is 12.1 Å². The molecule has 0 spiro atoms. The quantitative estimate of drug-likeness (QED) is 0.485.